The van der Waals surface area contributed by atoms with Crippen molar-refractivity contribution in [3.8, 4) is 0 Å². The molecule has 0 atom stereocenters. The van der Waals surface area contributed by atoms with Crippen LogP contribution in [-0.4, -0.2) is 30.1 Å². The van der Waals surface area contributed by atoms with Gasteiger partial charge in [-0.05, 0) is 18.4 Å². The summed E-state index contributed by atoms with van der Waals surface area (Å²) in [6, 6.07) is 7.75. The van der Waals surface area contributed by atoms with Crippen molar-refractivity contribution < 1.29 is 127 Å². The Hall–Kier alpha value is 1.35. The maximum atomic E-state index is 12.2. The van der Waals surface area contributed by atoms with Gasteiger partial charge in [-0.25, -0.2) is 0 Å². The van der Waals surface area contributed by atoms with Gasteiger partial charge in [0.2, 0.25) is 0 Å². The molecule has 0 spiro atoms. The van der Waals surface area contributed by atoms with Gasteiger partial charge in [0.15, 0.2) is 5.60 Å². The van der Waals surface area contributed by atoms with Gasteiger partial charge in [-0.1, -0.05) is 160 Å². The summed E-state index contributed by atoms with van der Waals surface area (Å²) in [5, 5.41) is 25.9. The molecule has 0 aliphatic heterocycles. The number of hydroxylamine groups is 2. The Morgan fingerprint density at radius 3 is 1.22 bits per heavy atom. The van der Waals surface area contributed by atoms with Crippen LogP contribution in [0.1, 0.15) is 148 Å². The quantitative estimate of drug-likeness (QED) is 0.0613. The van der Waals surface area contributed by atoms with E-state index in [0.29, 0.717) is 13.1 Å². The molecule has 0 amide bonds. The molecule has 8 heteroatoms. The Morgan fingerprint density at radius 2 is 0.902 bits per heavy atom. The number of benzene rings is 1. The van der Waals surface area contributed by atoms with Crippen molar-refractivity contribution in [2.75, 3.05) is 13.1 Å². The monoisotopic (exact) mass is 623 g/mol. The first-order chi connectivity index (χ1) is 19.0. The molecule has 0 aliphatic rings. The van der Waals surface area contributed by atoms with Gasteiger partial charge >= 0.3 is 103 Å². The summed E-state index contributed by atoms with van der Waals surface area (Å²) in [5.74, 6) is -3.63. The Kier molecular flexibility index (Phi) is 32.6. The number of hydrogen-bond acceptors (Lipinski definition) is 6. The summed E-state index contributed by atoms with van der Waals surface area (Å²) in [5.41, 5.74) is -2.67. The third-order valence-electron chi connectivity index (χ3n) is 7.54. The molecule has 1 aromatic carbocycles. The average molecular weight is 624 g/mol. The summed E-state index contributed by atoms with van der Waals surface area (Å²) in [7, 11) is 0. The second-order valence-corrected chi connectivity index (χ2v) is 11.0. The van der Waals surface area contributed by atoms with E-state index in [9.17, 15) is 19.8 Å². The van der Waals surface area contributed by atoms with E-state index < -0.39 is 17.5 Å². The smallest absolute Gasteiger partial charge is 0.546 e. The molecule has 0 saturated carbocycles. The predicted molar refractivity (Wildman–Crippen MR) is 154 cm³/mol. The van der Waals surface area contributed by atoms with Crippen LogP contribution in [0, 0.1) is 0 Å². The molecular weight excluding hydrogens is 569 g/mol. The summed E-state index contributed by atoms with van der Waals surface area (Å²) in [4.78, 5) is 30.2. The Bertz CT molecular complexity index is 712. The second-order valence-electron chi connectivity index (χ2n) is 11.0. The number of carbonyl (C=O) groups excluding carboxylic acids is 2. The van der Waals surface area contributed by atoms with E-state index in [-0.39, 0.29) is 108 Å². The number of aliphatic carboxylic acids is 2. The van der Waals surface area contributed by atoms with Crippen LogP contribution in [0.4, 0.5) is 0 Å². The largest absolute Gasteiger partial charge is 1.00 e. The van der Waals surface area contributed by atoms with E-state index in [1.807, 2.05) is 0 Å². The molecule has 0 bridgehead atoms. The maximum absolute atomic E-state index is 12.2. The summed E-state index contributed by atoms with van der Waals surface area (Å²) < 4.78 is 0. The van der Waals surface area contributed by atoms with Crippen LogP contribution in [0.5, 0.6) is 0 Å². The van der Waals surface area contributed by atoms with Crippen molar-refractivity contribution in [2.45, 2.75) is 148 Å². The Morgan fingerprint density at radius 1 is 0.585 bits per heavy atom. The van der Waals surface area contributed by atoms with Crippen molar-refractivity contribution in [1.29, 1.82) is 0 Å². The van der Waals surface area contributed by atoms with E-state index in [0.717, 1.165) is 38.5 Å². The maximum Gasteiger partial charge on any atom is 1.00 e. The number of hydrogen-bond donors (Lipinski definition) is 0. The summed E-state index contributed by atoms with van der Waals surface area (Å²) in [6.07, 6.45) is 23.7. The van der Waals surface area contributed by atoms with Gasteiger partial charge in [-0.2, -0.15) is 5.06 Å². The molecule has 1 rings (SSSR count). The molecule has 0 aromatic heterocycles. The van der Waals surface area contributed by atoms with Gasteiger partial charge in [0, 0.05) is 13.1 Å². The normalized spacial score (nSPS) is 11.2. The fraction of sp³-hybridized carbons (Fsp3) is 0.758. The molecule has 6 nitrogen and oxygen atoms in total. The van der Waals surface area contributed by atoms with Crippen LogP contribution in [0.3, 0.4) is 0 Å². The molecule has 0 fully saturated rings. The number of unbranched alkanes of at least 4 members (excludes halogenated alkanes) is 18. The first-order valence-corrected chi connectivity index (χ1v) is 15.9. The number of nitrogens with zero attached hydrogens (tertiary/aromatic N) is 1. The zero-order valence-corrected chi connectivity index (χ0v) is 33.2. The third kappa shape index (κ3) is 20.2. The summed E-state index contributed by atoms with van der Waals surface area (Å²) in [6.45, 7) is 5.41. The second kappa shape index (κ2) is 30.0. The molecule has 41 heavy (non-hydrogen) atoms. The van der Waals surface area contributed by atoms with E-state index in [1.165, 1.54) is 107 Å². The van der Waals surface area contributed by atoms with Crippen LogP contribution in [-0.2, 0) is 20.0 Å². The van der Waals surface area contributed by atoms with Gasteiger partial charge in [0.05, 0.1) is 11.9 Å². The minimum absolute atomic E-state index is 0. The Labute approximate surface area is 336 Å². The number of carbonyl (C=O) groups is 2. The molecular formula is C33H55K2NO5. The van der Waals surface area contributed by atoms with Gasteiger partial charge in [-0.3, -0.25) is 4.84 Å². The minimum Gasteiger partial charge on any atom is -0.546 e. The fourth-order valence-electron chi connectivity index (χ4n) is 5.07. The molecule has 1 aromatic rings. The standard InChI is InChI=1S/C33H57NO5.2K/c1-3-5-7-9-11-13-15-17-19-24-28-34(29-25-20-18-16-14-12-10-8-6-4-2)39-33(31(35)36,32(37)38)30-26-22-21-23-27-30;;/h21-23,26-27H,3-20,24-25,28-29H2,1-2H3,(H,35,36)(H,37,38);;/q;2*+1/p-2. The van der Waals surface area contributed by atoms with Crippen LogP contribution in [0.15, 0.2) is 30.3 Å². The van der Waals surface area contributed by atoms with Crippen molar-refractivity contribution in [1.82, 2.24) is 5.06 Å². The van der Waals surface area contributed by atoms with Crippen LogP contribution in [0.2, 0.25) is 0 Å². The zero-order valence-electron chi connectivity index (χ0n) is 26.9. The number of carboxylic acid groups (broad SMARTS) is 2. The first-order valence-electron chi connectivity index (χ1n) is 15.9. The van der Waals surface area contributed by atoms with Crippen molar-refractivity contribution in [2.24, 2.45) is 0 Å². The van der Waals surface area contributed by atoms with Gasteiger partial charge in [-0.15, -0.1) is 0 Å². The van der Waals surface area contributed by atoms with Gasteiger partial charge < -0.3 is 19.8 Å². The van der Waals surface area contributed by atoms with Crippen LogP contribution < -0.4 is 113 Å². The predicted octanol–water partition coefficient (Wildman–Crippen LogP) is 0.465. The molecule has 0 heterocycles. The van der Waals surface area contributed by atoms with E-state index in [2.05, 4.69) is 13.8 Å². The molecule has 0 saturated heterocycles. The first kappa shape index (κ1) is 44.5. The number of carboxylic acids is 2. The van der Waals surface area contributed by atoms with Crippen molar-refractivity contribution in [3.05, 3.63) is 35.9 Å². The average Bonchev–Trinajstić information content (AvgIpc) is 2.93. The molecule has 0 aliphatic carbocycles. The van der Waals surface area contributed by atoms with Crippen LogP contribution in [0.25, 0.3) is 0 Å². The summed E-state index contributed by atoms with van der Waals surface area (Å²) >= 11 is 0. The Balaban J connectivity index is 0. The fourth-order valence-corrected chi connectivity index (χ4v) is 5.07. The molecule has 0 N–H and O–H groups in total. The van der Waals surface area contributed by atoms with Crippen molar-refractivity contribution in [3.63, 3.8) is 0 Å². The number of rotatable bonds is 27. The van der Waals surface area contributed by atoms with E-state index >= 15 is 0 Å². The van der Waals surface area contributed by atoms with Crippen molar-refractivity contribution >= 4 is 11.9 Å². The minimum atomic E-state index is -2.67. The third-order valence-corrected chi connectivity index (χ3v) is 7.54. The van der Waals surface area contributed by atoms with Gasteiger partial charge in [0.25, 0.3) is 0 Å². The molecule has 0 radical (unpaired) electrons. The van der Waals surface area contributed by atoms with E-state index in [4.69, 9.17) is 4.84 Å². The van der Waals surface area contributed by atoms with Crippen LogP contribution >= 0.6 is 0 Å². The molecule has 224 valence electrons. The topological polar surface area (TPSA) is 92.7 Å². The van der Waals surface area contributed by atoms with E-state index in [1.54, 1.807) is 18.2 Å². The SMILES string of the molecule is CCCCCCCCCCCCN(CCCCCCCCCCCC)OC(C(=O)[O-])(C(=O)[O-])c1ccccc1.[K+].[K+]. The van der Waals surface area contributed by atoms with Gasteiger partial charge in [0.1, 0.15) is 0 Å². The molecule has 0 unspecified atom stereocenters. The zero-order chi connectivity index (χ0) is 28.6.